The highest BCUT2D eigenvalue weighted by atomic mass is 16.5. The Bertz CT molecular complexity index is 379. The Hall–Kier alpha value is -1.88. The van der Waals surface area contributed by atoms with E-state index < -0.39 is 0 Å². The van der Waals surface area contributed by atoms with Gasteiger partial charge in [0.2, 0.25) is 11.8 Å². The highest BCUT2D eigenvalue weighted by Crippen LogP contribution is 2.05. The van der Waals surface area contributed by atoms with Crippen molar-refractivity contribution in [1.29, 1.82) is 0 Å². The number of amides is 2. The Labute approximate surface area is 107 Å². The van der Waals surface area contributed by atoms with Crippen molar-refractivity contribution in [3.05, 3.63) is 30.3 Å². The molecule has 1 aromatic carbocycles. The average molecular weight is 250 g/mol. The summed E-state index contributed by atoms with van der Waals surface area (Å²) in [6, 6.07) is 9.04. The molecular formula is C13H18N2O3. The predicted molar refractivity (Wildman–Crippen MR) is 69.2 cm³/mol. The SMILES string of the molecule is COCCCNC(=O)CC(=O)Nc1ccccc1. The molecule has 0 saturated heterocycles. The molecule has 2 amide bonds. The lowest BCUT2D eigenvalue weighted by Gasteiger charge is -2.06. The minimum atomic E-state index is -0.314. The molecule has 1 aromatic rings. The smallest absolute Gasteiger partial charge is 0.233 e. The van der Waals surface area contributed by atoms with Gasteiger partial charge in [0, 0.05) is 25.9 Å². The first kappa shape index (κ1) is 14.2. The van der Waals surface area contributed by atoms with E-state index in [0.717, 1.165) is 6.42 Å². The number of ether oxygens (including phenoxy) is 1. The largest absolute Gasteiger partial charge is 0.385 e. The molecule has 1 rings (SSSR count). The summed E-state index contributed by atoms with van der Waals surface area (Å²) in [5, 5.41) is 5.30. The second-order valence-corrected chi connectivity index (χ2v) is 3.79. The van der Waals surface area contributed by atoms with Crippen LogP contribution in [0.4, 0.5) is 5.69 Å². The Morgan fingerprint density at radius 1 is 1.17 bits per heavy atom. The molecule has 0 aliphatic carbocycles. The van der Waals surface area contributed by atoms with Crippen LogP contribution in [0.2, 0.25) is 0 Å². The van der Waals surface area contributed by atoms with Crippen molar-refractivity contribution in [2.24, 2.45) is 0 Å². The van der Waals surface area contributed by atoms with Gasteiger partial charge in [-0.05, 0) is 18.6 Å². The van der Waals surface area contributed by atoms with Crippen LogP contribution in [0.1, 0.15) is 12.8 Å². The Balaban J connectivity index is 2.21. The third-order valence-corrected chi connectivity index (χ3v) is 2.23. The standard InChI is InChI=1S/C13H18N2O3/c1-18-9-5-8-14-12(16)10-13(17)15-11-6-3-2-4-7-11/h2-4,6-7H,5,8-10H2,1H3,(H,14,16)(H,15,17). The molecule has 0 aliphatic rings. The number of carbonyl (C=O) groups is 2. The van der Waals surface area contributed by atoms with E-state index in [0.29, 0.717) is 18.8 Å². The molecule has 98 valence electrons. The summed E-state index contributed by atoms with van der Waals surface area (Å²) < 4.78 is 4.85. The fourth-order valence-electron chi connectivity index (χ4n) is 1.38. The van der Waals surface area contributed by atoms with E-state index in [1.165, 1.54) is 0 Å². The number of benzene rings is 1. The number of hydrogen-bond donors (Lipinski definition) is 2. The van der Waals surface area contributed by atoms with Crippen LogP contribution in [0.15, 0.2) is 30.3 Å². The van der Waals surface area contributed by atoms with Gasteiger partial charge >= 0.3 is 0 Å². The lowest BCUT2D eigenvalue weighted by molar-refractivity contribution is -0.126. The Kier molecular flexibility index (Phi) is 6.50. The quantitative estimate of drug-likeness (QED) is 0.564. The average Bonchev–Trinajstić information content (AvgIpc) is 2.35. The van der Waals surface area contributed by atoms with Gasteiger partial charge in [-0.2, -0.15) is 0 Å². The van der Waals surface area contributed by atoms with Crippen LogP contribution >= 0.6 is 0 Å². The first-order valence-electron chi connectivity index (χ1n) is 5.83. The molecule has 0 heterocycles. The van der Waals surface area contributed by atoms with Crippen LogP contribution in [-0.2, 0) is 14.3 Å². The molecule has 0 unspecified atom stereocenters. The maximum absolute atomic E-state index is 11.5. The normalized spacial score (nSPS) is 9.83. The predicted octanol–water partition coefficient (Wildman–Crippen LogP) is 1.17. The molecule has 0 bridgehead atoms. The van der Waals surface area contributed by atoms with Crippen molar-refractivity contribution in [1.82, 2.24) is 5.32 Å². The molecule has 18 heavy (non-hydrogen) atoms. The summed E-state index contributed by atoms with van der Waals surface area (Å²) >= 11 is 0. The van der Waals surface area contributed by atoms with E-state index in [4.69, 9.17) is 4.74 Å². The van der Waals surface area contributed by atoms with Crippen molar-refractivity contribution < 1.29 is 14.3 Å². The summed E-state index contributed by atoms with van der Waals surface area (Å²) in [6.45, 7) is 1.11. The van der Waals surface area contributed by atoms with Crippen LogP contribution in [0.5, 0.6) is 0 Å². The minimum Gasteiger partial charge on any atom is -0.385 e. The molecule has 0 spiro atoms. The number of nitrogens with one attached hydrogen (secondary N) is 2. The van der Waals surface area contributed by atoms with Crippen LogP contribution in [0.3, 0.4) is 0 Å². The zero-order valence-electron chi connectivity index (χ0n) is 10.4. The summed E-state index contributed by atoms with van der Waals surface area (Å²) in [6.07, 6.45) is 0.574. The molecule has 2 N–H and O–H groups in total. The van der Waals surface area contributed by atoms with Gasteiger partial charge in [-0.25, -0.2) is 0 Å². The topological polar surface area (TPSA) is 67.4 Å². The molecule has 5 nitrogen and oxygen atoms in total. The first-order chi connectivity index (χ1) is 8.72. The van der Waals surface area contributed by atoms with Gasteiger partial charge in [0.05, 0.1) is 0 Å². The third-order valence-electron chi connectivity index (χ3n) is 2.23. The van der Waals surface area contributed by atoms with Gasteiger partial charge in [0.1, 0.15) is 6.42 Å². The number of methoxy groups -OCH3 is 1. The highest BCUT2D eigenvalue weighted by Gasteiger charge is 2.08. The van der Waals surface area contributed by atoms with Gasteiger partial charge in [-0.3, -0.25) is 9.59 Å². The van der Waals surface area contributed by atoms with Crippen LogP contribution in [-0.4, -0.2) is 32.1 Å². The molecule has 0 aliphatic heterocycles. The molecule has 0 aromatic heterocycles. The number of carbonyl (C=O) groups excluding carboxylic acids is 2. The molecule has 5 heteroatoms. The second-order valence-electron chi connectivity index (χ2n) is 3.79. The summed E-state index contributed by atoms with van der Waals surface area (Å²) in [5.41, 5.74) is 0.690. The maximum Gasteiger partial charge on any atom is 0.233 e. The number of rotatable bonds is 7. The van der Waals surface area contributed by atoms with Crippen molar-refractivity contribution in [3.63, 3.8) is 0 Å². The molecule has 0 atom stereocenters. The van der Waals surface area contributed by atoms with E-state index in [1.54, 1.807) is 19.2 Å². The number of hydrogen-bond acceptors (Lipinski definition) is 3. The summed E-state index contributed by atoms with van der Waals surface area (Å²) in [4.78, 5) is 22.9. The van der Waals surface area contributed by atoms with Gasteiger partial charge in [0.25, 0.3) is 0 Å². The van der Waals surface area contributed by atoms with Crippen molar-refractivity contribution >= 4 is 17.5 Å². The lowest BCUT2D eigenvalue weighted by Crippen LogP contribution is -2.29. The van der Waals surface area contributed by atoms with Crippen LogP contribution in [0.25, 0.3) is 0 Å². The Morgan fingerprint density at radius 2 is 1.89 bits per heavy atom. The van der Waals surface area contributed by atoms with Gasteiger partial charge in [-0.15, -0.1) is 0 Å². The lowest BCUT2D eigenvalue weighted by atomic mass is 10.3. The summed E-state index contributed by atoms with van der Waals surface area (Å²) in [5.74, 6) is -0.593. The van der Waals surface area contributed by atoms with Crippen molar-refractivity contribution in [2.45, 2.75) is 12.8 Å². The zero-order valence-corrected chi connectivity index (χ0v) is 10.4. The van der Waals surface area contributed by atoms with Crippen LogP contribution in [0, 0.1) is 0 Å². The highest BCUT2D eigenvalue weighted by molar-refractivity contribution is 6.03. The second kappa shape index (κ2) is 8.25. The molecule has 0 fully saturated rings. The molecular weight excluding hydrogens is 232 g/mol. The van der Waals surface area contributed by atoms with E-state index >= 15 is 0 Å². The zero-order chi connectivity index (χ0) is 13.2. The fourth-order valence-corrected chi connectivity index (χ4v) is 1.38. The van der Waals surface area contributed by atoms with Gasteiger partial charge < -0.3 is 15.4 Å². The van der Waals surface area contributed by atoms with Crippen molar-refractivity contribution in [3.8, 4) is 0 Å². The van der Waals surface area contributed by atoms with E-state index in [9.17, 15) is 9.59 Å². The van der Waals surface area contributed by atoms with E-state index in [2.05, 4.69) is 10.6 Å². The summed E-state index contributed by atoms with van der Waals surface area (Å²) in [7, 11) is 1.61. The maximum atomic E-state index is 11.5. The van der Waals surface area contributed by atoms with Crippen LogP contribution < -0.4 is 10.6 Å². The van der Waals surface area contributed by atoms with E-state index in [-0.39, 0.29) is 18.2 Å². The number of para-hydroxylation sites is 1. The molecule has 0 saturated carbocycles. The fraction of sp³-hybridized carbons (Fsp3) is 0.385. The monoisotopic (exact) mass is 250 g/mol. The van der Waals surface area contributed by atoms with Crippen molar-refractivity contribution in [2.75, 3.05) is 25.6 Å². The third kappa shape index (κ3) is 6.00. The Morgan fingerprint density at radius 3 is 2.56 bits per heavy atom. The van der Waals surface area contributed by atoms with Gasteiger partial charge in [-0.1, -0.05) is 18.2 Å². The first-order valence-corrected chi connectivity index (χ1v) is 5.83. The van der Waals surface area contributed by atoms with E-state index in [1.807, 2.05) is 18.2 Å². The molecule has 0 radical (unpaired) electrons. The minimum absolute atomic E-state index is 0.165. The number of anilines is 1. The van der Waals surface area contributed by atoms with Gasteiger partial charge in [0.15, 0.2) is 0 Å².